The Morgan fingerprint density at radius 2 is 2.19 bits per heavy atom. The molecule has 0 saturated heterocycles. The number of nitrogens with one attached hydrogen (secondary N) is 1. The summed E-state index contributed by atoms with van der Waals surface area (Å²) in [6, 6.07) is 5.80. The molecule has 0 atom stereocenters. The number of ether oxygens (including phenoxy) is 1. The Morgan fingerprint density at radius 3 is 2.88 bits per heavy atom. The third kappa shape index (κ3) is 2.11. The number of esters is 1. The van der Waals surface area contributed by atoms with Crippen molar-refractivity contribution in [1.82, 2.24) is 4.98 Å². The molecule has 0 aliphatic heterocycles. The highest BCUT2D eigenvalue weighted by Gasteiger charge is 2.13. The van der Waals surface area contributed by atoms with Gasteiger partial charge in [-0.25, -0.2) is 0 Å². The Kier molecular flexibility index (Phi) is 3.01. The van der Waals surface area contributed by atoms with Crippen molar-refractivity contribution in [3.05, 3.63) is 28.9 Å². The van der Waals surface area contributed by atoms with Crippen LogP contribution in [0, 0.1) is 5.92 Å². The largest absolute Gasteiger partial charge is 0.424 e. The van der Waals surface area contributed by atoms with Crippen molar-refractivity contribution >= 4 is 32.8 Å². The molecule has 3 nitrogen and oxygen atoms in total. The fraction of sp³-hybridized carbons (Fsp3) is 0.250. The van der Waals surface area contributed by atoms with Crippen LogP contribution in [0.3, 0.4) is 0 Å². The summed E-state index contributed by atoms with van der Waals surface area (Å²) < 4.78 is 6.25. The molecule has 1 aromatic heterocycles. The van der Waals surface area contributed by atoms with Gasteiger partial charge in [0.25, 0.3) is 0 Å². The van der Waals surface area contributed by atoms with Crippen LogP contribution in [0.25, 0.3) is 10.9 Å². The van der Waals surface area contributed by atoms with Gasteiger partial charge in [0.2, 0.25) is 0 Å². The minimum absolute atomic E-state index is 0.128. The first-order valence-corrected chi connectivity index (χ1v) is 5.85. The molecule has 0 unspecified atom stereocenters. The fourth-order valence-electron chi connectivity index (χ4n) is 1.38. The lowest BCUT2D eigenvalue weighted by Crippen LogP contribution is -2.14. The van der Waals surface area contributed by atoms with Gasteiger partial charge in [-0.3, -0.25) is 4.79 Å². The predicted molar refractivity (Wildman–Crippen MR) is 66.5 cm³/mol. The van der Waals surface area contributed by atoms with Gasteiger partial charge in [-0.05, 0) is 18.2 Å². The SMILES string of the molecule is CC(C)C(=O)Oc1c[nH]c2ccc(Br)cc12. The summed E-state index contributed by atoms with van der Waals surface area (Å²) in [6.45, 7) is 3.63. The van der Waals surface area contributed by atoms with E-state index in [4.69, 9.17) is 4.74 Å². The smallest absolute Gasteiger partial charge is 0.313 e. The molecule has 2 rings (SSSR count). The van der Waals surface area contributed by atoms with Crippen molar-refractivity contribution in [1.29, 1.82) is 0 Å². The first-order chi connectivity index (χ1) is 7.58. The zero-order chi connectivity index (χ0) is 11.7. The monoisotopic (exact) mass is 281 g/mol. The molecular weight excluding hydrogens is 270 g/mol. The van der Waals surface area contributed by atoms with E-state index in [2.05, 4.69) is 20.9 Å². The van der Waals surface area contributed by atoms with Crippen LogP contribution in [0.2, 0.25) is 0 Å². The van der Waals surface area contributed by atoms with E-state index in [1.165, 1.54) is 0 Å². The molecular formula is C12H12BrNO2. The van der Waals surface area contributed by atoms with Crippen molar-refractivity contribution in [3.8, 4) is 5.75 Å². The molecule has 16 heavy (non-hydrogen) atoms. The van der Waals surface area contributed by atoms with E-state index >= 15 is 0 Å². The van der Waals surface area contributed by atoms with Crippen molar-refractivity contribution < 1.29 is 9.53 Å². The van der Waals surface area contributed by atoms with E-state index < -0.39 is 0 Å². The molecule has 1 N–H and O–H groups in total. The van der Waals surface area contributed by atoms with Crippen LogP contribution < -0.4 is 4.74 Å². The second kappa shape index (κ2) is 4.29. The number of rotatable bonds is 2. The lowest BCUT2D eigenvalue weighted by Gasteiger charge is -2.04. The van der Waals surface area contributed by atoms with Gasteiger partial charge in [0, 0.05) is 21.6 Å². The number of carbonyl (C=O) groups excluding carboxylic acids is 1. The number of benzene rings is 1. The zero-order valence-electron chi connectivity index (χ0n) is 9.08. The van der Waals surface area contributed by atoms with Crippen LogP contribution in [-0.2, 0) is 4.79 Å². The van der Waals surface area contributed by atoms with Gasteiger partial charge in [0.1, 0.15) is 0 Å². The van der Waals surface area contributed by atoms with Crippen molar-refractivity contribution in [2.24, 2.45) is 5.92 Å². The highest BCUT2D eigenvalue weighted by Crippen LogP contribution is 2.28. The van der Waals surface area contributed by atoms with Crippen LogP contribution in [-0.4, -0.2) is 11.0 Å². The van der Waals surface area contributed by atoms with Crippen LogP contribution in [0.1, 0.15) is 13.8 Å². The molecule has 2 aromatic rings. The third-order valence-corrected chi connectivity index (χ3v) is 2.78. The van der Waals surface area contributed by atoms with E-state index in [1.54, 1.807) is 6.20 Å². The lowest BCUT2D eigenvalue weighted by molar-refractivity contribution is -0.137. The van der Waals surface area contributed by atoms with Crippen LogP contribution in [0.5, 0.6) is 5.75 Å². The van der Waals surface area contributed by atoms with E-state index in [0.29, 0.717) is 5.75 Å². The van der Waals surface area contributed by atoms with Crippen LogP contribution in [0.4, 0.5) is 0 Å². The Balaban J connectivity index is 2.38. The topological polar surface area (TPSA) is 42.1 Å². The number of H-pyrrole nitrogens is 1. The van der Waals surface area contributed by atoms with E-state index in [0.717, 1.165) is 15.4 Å². The molecule has 0 aliphatic rings. The van der Waals surface area contributed by atoms with Gasteiger partial charge in [0.15, 0.2) is 5.75 Å². The lowest BCUT2D eigenvalue weighted by atomic mass is 10.2. The Bertz CT molecular complexity index is 531. The molecule has 1 heterocycles. The molecule has 4 heteroatoms. The molecule has 0 radical (unpaired) electrons. The number of fused-ring (bicyclic) bond motifs is 1. The summed E-state index contributed by atoms with van der Waals surface area (Å²) in [5.74, 6) is 0.230. The maximum absolute atomic E-state index is 11.5. The Hall–Kier alpha value is -1.29. The normalized spacial score (nSPS) is 11.0. The highest BCUT2D eigenvalue weighted by molar-refractivity contribution is 9.10. The van der Waals surface area contributed by atoms with Gasteiger partial charge in [-0.1, -0.05) is 29.8 Å². The summed E-state index contributed by atoms with van der Waals surface area (Å²) in [5, 5.41) is 0.906. The molecule has 0 amide bonds. The Morgan fingerprint density at radius 1 is 1.44 bits per heavy atom. The summed E-state index contributed by atoms with van der Waals surface area (Å²) in [4.78, 5) is 14.6. The molecule has 0 spiro atoms. The van der Waals surface area contributed by atoms with E-state index in [1.807, 2.05) is 32.0 Å². The number of aromatic nitrogens is 1. The zero-order valence-corrected chi connectivity index (χ0v) is 10.7. The first-order valence-electron chi connectivity index (χ1n) is 5.06. The van der Waals surface area contributed by atoms with Gasteiger partial charge >= 0.3 is 5.97 Å². The number of carbonyl (C=O) groups is 1. The number of hydrogen-bond acceptors (Lipinski definition) is 2. The molecule has 0 fully saturated rings. The maximum Gasteiger partial charge on any atom is 0.313 e. The van der Waals surface area contributed by atoms with E-state index in [9.17, 15) is 4.79 Å². The molecule has 84 valence electrons. The summed E-state index contributed by atoms with van der Waals surface area (Å²) >= 11 is 3.39. The summed E-state index contributed by atoms with van der Waals surface area (Å²) in [6.07, 6.45) is 1.71. The van der Waals surface area contributed by atoms with Gasteiger partial charge in [-0.2, -0.15) is 0 Å². The minimum Gasteiger partial charge on any atom is -0.424 e. The average molecular weight is 282 g/mol. The quantitative estimate of drug-likeness (QED) is 0.857. The number of hydrogen-bond donors (Lipinski definition) is 1. The summed E-state index contributed by atoms with van der Waals surface area (Å²) in [5.41, 5.74) is 0.953. The highest BCUT2D eigenvalue weighted by atomic mass is 79.9. The molecule has 0 saturated carbocycles. The third-order valence-electron chi connectivity index (χ3n) is 2.29. The predicted octanol–water partition coefficient (Wildman–Crippen LogP) is 3.49. The molecule has 1 aromatic carbocycles. The van der Waals surface area contributed by atoms with Crippen molar-refractivity contribution in [2.75, 3.05) is 0 Å². The first kappa shape index (κ1) is 11.2. The Labute approximate surface area is 102 Å². The summed E-state index contributed by atoms with van der Waals surface area (Å²) in [7, 11) is 0. The second-order valence-corrected chi connectivity index (χ2v) is 4.83. The van der Waals surface area contributed by atoms with Gasteiger partial charge in [-0.15, -0.1) is 0 Å². The standard InChI is InChI=1S/C12H12BrNO2/c1-7(2)12(15)16-11-6-14-10-4-3-8(13)5-9(10)11/h3-7,14H,1-2H3. The van der Waals surface area contributed by atoms with Crippen LogP contribution in [0.15, 0.2) is 28.9 Å². The van der Waals surface area contributed by atoms with Crippen LogP contribution >= 0.6 is 15.9 Å². The fourth-order valence-corrected chi connectivity index (χ4v) is 1.74. The molecule has 0 bridgehead atoms. The average Bonchev–Trinajstić information content (AvgIpc) is 2.61. The molecule has 0 aliphatic carbocycles. The minimum atomic E-state index is -0.221. The maximum atomic E-state index is 11.5. The number of halogens is 1. The van der Waals surface area contributed by atoms with E-state index in [-0.39, 0.29) is 11.9 Å². The van der Waals surface area contributed by atoms with Gasteiger partial charge in [0.05, 0.1) is 5.92 Å². The second-order valence-electron chi connectivity index (χ2n) is 3.92. The number of aromatic amines is 1. The van der Waals surface area contributed by atoms with Crippen molar-refractivity contribution in [2.45, 2.75) is 13.8 Å². The van der Waals surface area contributed by atoms with Crippen molar-refractivity contribution in [3.63, 3.8) is 0 Å². The van der Waals surface area contributed by atoms with Gasteiger partial charge < -0.3 is 9.72 Å².